The number of rotatable bonds is 5. The average Bonchev–Trinajstić information content (AvgIpc) is 3.21. The Balaban J connectivity index is 1.73. The maximum absolute atomic E-state index is 12.9. The molecule has 0 radical (unpaired) electrons. The van der Waals surface area contributed by atoms with Crippen LogP contribution in [-0.4, -0.2) is 35.9 Å². The van der Waals surface area contributed by atoms with Crippen LogP contribution in [-0.2, 0) is 6.54 Å². The number of H-pyrrole nitrogens is 1. The summed E-state index contributed by atoms with van der Waals surface area (Å²) in [7, 11) is 0. The molecule has 0 bridgehead atoms. The van der Waals surface area contributed by atoms with E-state index >= 15 is 0 Å². The van der Waals surface area contributed by atoms with E-state index in [1.54, 1.807) is 29.1 Å². The Morgan fingerprint density at radius 1 is 1.30 bits per heavy atom. The van der Waals surface area contributed by atoms with Crippen molar-refractivity contribution in [2.45, 2.75) is 6.54 Å². The van der Waals surface area contributed by atoms with Crippen molar-refractivity contribution in [1.82, 2.24) is 25.0 Å². The molecular formula is C15H12FN5O2. The molecular weight excluding hydrogens is 301 g/mol. The van der Waals surface area contributed by atoms with Crippen LogP contribution in [0.1, 0.15) is 21.9 Å². The number of ketones is 1. The van der Waals surface area contributed by atoms with E-state index in [2.05, 4.69) is 20.3 Å². The fourth-order valence-electron chi connectivity index (χ4n) is 1.95. The molecule has 0 aliphatic rings. The van der Waals surface area contributed by atoms with Crippen LogP contribution >= 0.6 is 0 Å². The number of allylic oxidation sites excluding steroid dienone is 1. The normalized spacial score (nSPS) is 11.6. The summed E-state index contributed by atoms with van der Waals surface area (Å²) in [5, 5.41) is 20.1. The average molecular weight is 313 g/mol. The molecule has 116 valence electrons. The smallest absolute Gasteiger partial charge is 0.226 e. The maximum Gasteiger partial charge on any atom is 0.226 e. The van der Waals surface area contributed by atoms with Crippen molar-refractivity contribution >= 4 is 11.5 Å². The van der Waals surface area contributed by atoms with Crippen LogP contribution in [0.15, 0.2) is 48.9 Å². The Labute approximate surface area is 130 Å². The van der Waals surface area contributed by atoms with Crippen LogP contribution in [0.4, 0.5) is 4.39 Å². The number of benzene rings is 1. The van der Waals surface area contributed by atoms with Gasteiger partial charge >= 0.3 is 0 Å². The zero-order valence-electron chi connectivity index (χ0n) is 11.8. The molecule has 0 saturated heterocycles. The quantitative estimate of drug-likeness (QED) is 0.426. The number of nitrogens with zero attached hydrogens (tertiary/aromatic N) is 4. The van der Waals surface area contributed by atoms with Crippen molar-refractivity contribution in [3.05, 3.63) is 71.8 Å². The minimum atomic E-state index is -0.506. The van der Waals surface area contributed by atoms with Gasteiger partial charge < -0.3 is 5.11 Å². The molecule has 1 aromatic carbocycles. The van der Waals surface area contributed by atoms with Crippen LogP contribution in [0.5, 0.6) is 0 Å². The van der Waals surface area contributed by atoms with Gasteiger partial charge in [0.1, 0.15) is 23.6 Å². The van der Waals surface area contributed by atoms with E-state index in [0.717, 1.165) is 11.6 Å². The molecule has 0 aliphatic carbocycles. The lowest BCUT2D eigenvalue weighted by molar-refractivity contribution is 0.103. The topological polar surface area (TPSA) is 96.7 Å². The van der Waals surface area contributed by atoms with E-state index in [0.29, 0.717) is 6.54 Å². The zero-order valence-corrected chi connectivity index (χ0v) is 11.8. The third-order valence-corrected chi connectivity index (χ3v) is 3.08. The van der Waals surface area contributed by atoms with E-state index in [4.69, 9.17) is 0 Å². The van der Waals surface area contributed by atoms with Crippen LogP contribution in [0.25, 0.3) is 5.76 Å². The van der Waals surface area contributed by atoms with E-state index < -0.39 is 5.78 Å². The van der Waals surface area contributed by atoms with Crippen molar-refractivity contribution in [1.29, 1.82) is 0 Å². The Hall–Kier alpha value is -3.29. The molecule has 3 aromatic rings. The van der Waals surface area contributed by atoms with Crippen molar-refractivity contribution in [2.24, 2.45) is 0 Å². The number of aromatic nitrogens is 5. The highest BCUT2D eigenvalue weighted by Crippen LogP contribution is 2.11. The fourth-order valence-corrected chi connectivity index (χ4v) is 1.95. The molecule has 0 saturated carbocycles. The second-order valence-corrected chi connectivity index (χ2v) is 4.75. The molecule has 2 N–H and O–H groups in total. The van der Waals surface area contributed by atoms with E-state index in [9.17, 15) is 14.3 Å². The molecule has 23 heavy (non-hydrogen) atoms. The monoisotopic (exact) mass is 313 g/mol. The Morgan fingerprint density at radius 2 is 2.09 bits per heavy atom. The van der Waals surface area contributed by atoms with Gasteiger partial charge in [0, 0.05) is 12.3 Å². The maximum atomic E-state index is 12.9. The van der Waals surface area contributed by atoms with Gasteiger partial charge in [0.15, 0.2) is 5.82 Å². The highest BCUT2D eigenvalue weighted by atomic mass is 19.1. The first-order chi connectivity index (χ1) is 11.1. The fraction of sp³-hybridized carbons (Fsp3) is 0.0667. The van der Waals surface area contributed by atoms with Gasteiger partial charge in [0.2, 0.25) is 5.78 Å². The lowest BCUT2D eigenvalue weighted by Gasteiger charge is -2.01. The van der Waals surface area contributed by atoms with Crippen molar-refractivity contribution in [3.63, 3.8) is 0 Å². The molecule has 2 heterocycles. The van der Waals surface area contributed by atoms with Crippen LogP contribution in [0.2, 0.25) is 0 Å². The number of carbonyl (C=O) groups excluding carboxylic acids is 1. The minimum Gasteiger partial charge on any atom is -0.505 e. The van der Waals surface area contributed by atoms with Crippen molar-refractivity contribution in [3.8, 4) is 0 Å². The Kier molecular flexibility index (Phi) is 3.96. The van der Waals surface area contributed by atoms with Crippen molar-refractivity contribution < 1.29 is 14.3 Å². The number of aromatic amines is 1. The minimum absolute atomic E-state index is 0.0299. The van der Waals surface area contributed by atoms with E-state index in [-0.39, 0.29) is 23.1 Å². The second kappa shape index (κ2) is 6.22. The molecule has 0 spiro atoms. The standard InChI is InChI=1S/C15H12FN5O2/c16-11-3-1-10(2-4-11)8-21-6-5-12(20-21)13(22)7-14(23)15-17-9-18-19-15/h1-7,9,22H,8H2,(H,17,18,19). The Morgan fingerprint density at radius 3 is 2.78 bits per heavy atom. The molecule has 3 rings (SSSR count). The summed E-state index contributed by atoms with van der Waals surface area (Å²) in [5.41, 5.74) is 1.11. The highest BCUT2D eigenvalue weighted by Gasteiger charge is 2.10. The lowest BCUT2D eigenvalue weighted by Crippen LogP contribution is -2.02. The summed E-state index contributed by atoms with van der Waals surface area (Å²) in [6.45, 7) is 0.420. The van der Waals surface area contributed by atoms with Gasteiger partial charge in [-0.15, -0.1) is 0 Å². The third-order valence-electron chi connectivity index (χ3n) is 3.08. The number of aliphatic hydroxyl groups is 1. The van der Waals surface area contributed by atoms with Gasteiger partial charge in [0.25, 0.3) is 0 Å². The third kappa shape index (κ3) is 3.49. The predicted octanol–water partition coefficient (Wildman–Crippen LogP) is 1.97. The summed E-state index contributed by atoms with van der Waals surface area (Å²) >= 11 is 0. The van der Waals surface area contributed by atoms with Crippen LogP contribution < -0.4 is 0 Å². The number of nitrogens with one attached hydrogen (secondary N) is 1. The lowest BCUT2D eigenvalue weighted by atomic mass is 10.2. The molecule has 0 fully saturated rings. The molecule has 0 aliphatic heterocycles. The summed E-state index contributed by atoms with van der Waals surface area (Å²) in [4.78, 5) is 15.5. The van der Waals surface area contributed by atoms with Gasteiger partial charge in [-0.1, -0.05) is 12.1 Å². The molecule has 0 unspecified atom stereocenters. The summed E-state index contributed by atoms with van der Waals surface area (Å²) in [5.74, 6) is -1.05. The highest BCUT2D eigenvalue weighted by molar-refractivity contribution is 6.05. The number of halogens is 1. The first-order valence-corrected chi connectivity index (χ1v) is 6.70. The predicted molar refractivity (Wildman–Crippen MR) is 79.0 cm³/mol. The van der Waals surface area contributed by atoms with Crippen molar-refractivity contribution in [2.75, 3.05) is 0 Å². The first kappa shape index (κ1) is 14.6. The van der Waals surface area contributed by atoms with E-state index in [1.165, 1.54) is 18.5 Å². The van der Waals surface area contributed by atoms with Gasteiger partial charge in [-0.3, -0.25) is 14.6 Å². The summed E-state index contributed by atoms with van der Waals surface area (Å²) < 4.78 is 14.4. The van der Waals surface area contributed by atoms with Crippen LogP contribution in [0.3, 0.4) is 0 Å². The Bertz CT molecular complexity index is 837. The summed E-state index contributed by atoms with van der Waals surface area (Å²) in [6.07, 6.45) is 3.88. The molecule has 0 amide bonds. The van der Waals surface area contributed by atoms with Crippen LogP contribution in [0, 0.1) is 5.82 Å². The molecule has 8 heteroatoms. The van der Waals surface area contributed by atoms with Gasteiger partial charge in [-0.2, -0.15) is 10.2 Å². The molecule has 2 aromatic heterocycles. The van der Waals surface area contributed by atoms with E-state index in [1.807, 2.05) is 0 Å². The number of carbonyl (C=O) groups is 1. The number of hydrogen-bond acceptors (Lipinski definition) is 5. The molecule has 7 nitrogen and oxygen atoms in total. The number of aliphatic hydroxyl groups excluding tert-OH is 1. The van der Waals surface area contributed by atoms with Gasteiger partial charge in [0.05, 0.1) is 6.54 Å². The van der Waals surface area contributed by atoms with Gasteiger partial charge in [-0.05, 0) is 23.8 Å². The summed E-state index contributed by atoms with van der Waals surface area (Å²) in [6, 6.07) is 7.61. The zero-order chi connectivity index (χ0) is 16.2. The SMILES string of the molecule is O=C(C=C(O)c1ccn(Cc2ccc(F)cc2)n1)c1ncn[nH]1. The first-order valence-electron chi connectivity index (χ1n) is 6.70. The second-order valence-electron chi connectivity index (χ2n) is 4.75. The number of hydrogen-bond donors (Lipinski definition) is 2. The van der Waals surface area contributed by atoms with Gasteiger partial charge in [-0.25, -0.2) is 9.37 Å². The molecule has 0 atom stereocenters. The largest absolute Gasteiger partial charge is 0.505 e.